The highest BCUT2D eigenvalue weighted by Gasteiger charge is 2.16. The number of H-pyrrole nitrogens is 1. The molecule has 0 bridgehead atoms. The summed E-state index contributed by atoms with van der Waals surface area (Å²) in [6, 6.07) is 12.9. The molecule has 3 heterocycles. The fourth-order valence-corrected chi connectivity index (χ4v) is 4.77. The number of nitrogens with zero attached hydrogens (tertiary/aromatic N) is 5. The van der Waals surface area contributed by atoms with Gasteiger partial charge < -0.3 is 30.0 Å². The summed E-state index contributed by atoms with van der Waals surface area (Å²) in [5, 5.41) is 14.1. The van der Waals surface area contributed by atoms with Crippen LogP contribution in [0.1, 0.15) is 12.5 Å². The second-order valence-electron chi connectivity index (χ2n) is 10.3. The summed E-state index contributed by atoms with van der Waals surface area (Å²) in [6.45, 7) is 8.88. The Bertz CT molecular complexity index is 1780. The largest absolute Gasteiger partial charge is 0.490 e. The first-order valence-electron chi connectivity index (χ1n) is 14.2. The van der Waals surface area contributed by atoms with E-state index in [2.05, 4.69) is 59.3 Å². The second-order valence-corrected chi connectivity index (χ2v) is 10.3. The Hall–Kier alpha value is -5.25. The van der Waals surface area contributed by atoms with Gasteiger partial charge in [0.25, 0.3) is 5.91 Å². The molecule has 0 saturated carbocycles. The summed E-state index contributed by atoms with van der Waals surface area (Å²) in [5.74, 6) is 7.10. The monoisotopic (exact) mass is 593 g/mol. The van der Waals surface area contributed by atoms with Crippen LogP contribution in [0.5, 0.6) is 17.2 Å². The molecular formula is C32H35N9O3. The number of likely N-dealkylation sites (N-methyl/N-ethyl adjacent to an activating group) is 1. The van der Waals surface area contributed by atoms with Gasteiger partial charge in [0.15, 0.2) is 0 Å². The van der Waals surface area contributed by atoms with Gasteiger partial charge in [-0.05, 0) is 62.7 Å². The third-order valence-electron chi connectivity index (χ3n) is 7.11. The normalized spacial score (nSPS) is 14.0. The molecule has 0 aliphatic carbocycles. The number of aromatic amines is 1. The van der Waals surface area contributed by atoms with Crippen LogP contribution in [0.2, 0.25) is 0 Å². The van der Waals surface area contributed by atoms with Gasteiger partial charge in [-0.25, -0.2) is 15.0 Å². The molecule has 1 aliphatic heterocycles. The van der Waals surface area contributed by atoms with Crippen LogP contribution in [-0.2, 0) is 4.79 Å². The number of pyridine rings is 1. The highest BCUT2D eigenvalue weighted by atomic mass is 16.5. The molecule has 4 N–H and O–H groups in total. The van der Waals surface area contributed by atoms with Crippen LogP contribution in [-0.4, -0.2) is 83.4 Å². The standard InChI is InChI=1S/C32H35N9O3/c1-4-5-31(42)39-27-18-25-26(19-29(27)43-15-14-41-12-10-40(3)11-13-41)36-21-37-32(25)38-23-6-7-28(22(2)16-23)44-24-8-9-34-30(17-24)35-20-33/h6-9,16-21H,10-15H2,1-3H3,(H,39,42)(H2,33,34,35)(H,36,37,38). The molecule has 1 amide bonds. The molecule has 4 aromatic rings. The Morgan fingerprint density at radius 3 is 2.75 bits per heavy atom. The predicted molar refractivity (Wildman–Crippen MR) is 171 cm³/mol. The molecule has 0 spiro atoms. The topological polar surface area (TPSA) is 144 Å². The van der Waals surface area contributed by atoms with Crippen molar-refractivity contribution in [3.05, 3.63) is 66.0 Å². The van der Waals surface area contributed by atoms with E-state index in [1.54, 1.807) is 25.3 Å². The van der Waals surface area contributed by atoms with Crippen LogP contribution < -0.4 is 25.6 Å². The van der Waals surface area contributed by atoms with Gasteiger partial charge in [-0.1, -0.05) is 5.92 Å². The lowest BCUT2D eigenvalue weighted by atomic mass is 10.1. The summed E-state index contributed by atoms with van der Waals surface area (Å²) in [5.41, 5.74) is 3.38. The minimum absolute atomic E-state index is 0.428. The Balaban J connectivity index is 1.37. The molecule has 2 aromatic carbocycles. The number of aryl methyl sites for hydroxylation is 1. The zero-order valence-corrected chi connectivity index (χ0v) is 25.0. The van der Waals surface area contributed by atoms with Crippen molar-refractivity contribution in [2.75, 3.05) is 57.0 Å². The maximum absolute atomic E-state index is 12.5. The summed E-state index contributed by atoms with van der Waals surface area (Å²) < 4.78 is 12.2. The quantitative estimate of drug-likeness (QED) is 0.123. The van der Waals surface area contributed by atoms with Gasteiger partial charge in [-0.15, -0.1) is 0 Å². The molecule has 5 rings (SSSR count). The van der Waals surface area contributed by atoms with Crippen LogP contribution in [0.25, 0.3) is 10.9 Å². The van der Waals surface area contributed by atoms with E-state index < -0.39 is 5.91 Å². The number of hydrogen-bond acceptors (Lipinski definition) is 9. The molecule has 226 valence electrons. The van der Waals surface area contributed by atoms with Gasteiger partial charge in [0.2, 0.25) is 0 Å². The third kappa shape index (κ3) is 7.77. The van der Waals surface area contributed by atoms with Gasteiger partial charge in [0, 0.05) is 62.1 Å². The Kier molecular flexibility index (Phi) is 9.81. The first-order chi connectivity index (χ1) is 21.4. The van der Waals surface area contributed by atoms with E-state index in [1.165, 1.54) is 6.33 Å². The average molecular weight is 594 g/mol. The average Bonchev–Trinajstić information content (AvgIpc) is 3.00. The van der Waals surface area contributed by atoms with Gasteiger partial charge >= 0.3 is 0 Å². The molecule has 12 nitrogen and oxygen atoms in total. The SMILES string of the molecule is CC#CC(=O)Nc1cc2c(Nc3ccc(Oc4cc[nH]/c(=N\C=N)c4)c(C)c3)ncnc2cc1OCCN1CCN(C)CC1. The Morgan fingerprint density at radius 1 is 1.14 bits per heavy atom. The van der Waals surface area contributed by atoms with E-state index in [4.69, 9.17) is 14.9 Å². The molecule has 0 atom stereocenters. The van der Waals surface area contributed by atoms with Crippen molar-refractivity contribution >= 4 is 40.3 Å². The molecule has 0 radical (unpaired) electrons. The summed E-state index contributed by atoms with van der Waals surface area (Å²) in [7, 11) is 2.13. The number of piperazine rings is 1. The molecule has 1 fully saturated rings. The Labute approximate surface area is 255 Å². The molecule has 1 aliphatic rings. The first-order valence-corrected chi connectivity index (χ1v) is 14.2. The number of fused-ring (bicyclic) bond motifs is 1. The number of amides is 1. The summed E-state index contributed by atoms with van der Waals surface area (Å²) >= 11 is 0. The lowest BCUT2D eigenvalue weighted by Crippen LogP contribution is -2.45. The van der Waals surface area contributed by atoms with Gasteiger partial charge in [0.05, 0.1) is 11.2 Å². The van der Waals surface area contributed by atoms with Crippen molar-refractivity contribution in [2.45, 2.75) is 13.8 Å². The number of benzene rings is 2. The second kappa shape index (κ2) is 14.3. The summed E-state index contributed by atoms with van der Waals surface area (Å²) in [6.07, 6.45) is 4.17. The zero-order chi connectivity index (χ0) is 30.9. The van der Waals surface area contributed by atoms with E-state index >= 15 is 0 Å². The molecular weight excluding hydrogens is 558 g/mol. The van der Waals surface area contributed by atoms with Crippen LogP contribution in [0.3, 0.4) is 0 Å². The van der Waals surface area contributed by atoms with Gasteiger partial charge in [-0.2, -0.15) is 0 Å². The van der Waals surface area contributed by atoms with Crippen molar-refractivity contribution in [3.63, 3.8) is 0 Å². The fraction of sp³-hybridized carbons (Fsp3) is 0.281. The highest BCUT2D eigenvalue weighted by Crippen LogP contribution is 2.34. The number of carbonyl (C=O) groups is 1. The number of ether oxygens (including phenoxy) is 2. The highest BCUT2D eigenvalue weighted by molar-refractivity contribution is 6.06. The van der Waals surface area contributed by atoms with Gasteiger partial charge in [-0.3, -0.25) is 15.1 Å². The van der Waals surface area contributed by atoms with Crippen LogP contribution in [0, 0.1) is 24.2 Å². The maximum atomic E-state index is 12.5. The minimum Gasteiger partial charge on any atom is -0.490 e. The number of rotatable bonds is 10. The lowest BCUT2D eigenvalue weighted by Gasteiger charge is -2.32. The number of anilines is 3. The van der Waals surface area contributed by atoms with Crippen molar-refractivity contribution in [3.8, 4) is 29.1 Å². The van der Waals surface area contributed by atoms with Crippen molar-refractivity contribution in [2.24, 2.45) is 4.99 Å². The fourth-order valence-electron chi connectivity index (χ4n) is 4.77. The van der Waals surface area contributed by atoms with Crippen LogP contribution in [0.15, 0.2) is 60.0 Å². The van der Waals surface area contributed by atoms with E-state index in [9.17, 15) is 4.79 Å². The van der Waals surface area contributed by atoms with Crippen molar-refractivity contribution in [1.82, 2.24) is 24.8 Å². The Morgan fingerprint density at radius 2 is 1.98 bits per heavy atom. The van der Waals surface area contributed by atoms with Crippen LogP contribution >= 0.6 is 0 Å². The van der Waals surface area contributed by atoms with Gasteiger partial charge in [0.1, 0.15) is 47.8 Å². The predicted octanol–water partition coefficient (Wildman–Crippen LogP) is 3.90. The lowest BCUT2D eigenvalue weighted by molar-refractivity contribution is -0.111. The maximum Gasteiger partial charge on any atom is 0.300 e. The smallest absolute Gasteiger partial charge is 0.300 e. The van der Waals surface area contributed by atoms with Crippen LogP contribution in [0.4, 0.5) is 17.2 Å². The summed E-state index contributed by atoms with van der Waals surface area (Å²) in [4.78, 5) is 33.0. The minimum atomic E-state index is -0.428. The first kappa shape index (κ1) is 30.2. The number of aromatic nitrogens is 3. The number of nitrogens with one attached hydrogen (secondary N) is 4. The van der Waals surface area contributed by atoms with Crippen molar-refractivity contribution in [1.29, 1.82) is 5.41 Å². The van der Waals surface area contributed by atoms with E-state index in [-0.39, 0.29) is 0 Å². The van der Waals surface area contributed by atoms with E-state index in [0.717, 1.165) is 50.3 Å². The number of carbonyl (C=O) groups excluding carboxylic acids is 1. The molecule has 1 saturated heterocycles. The van der Waals surface area contributed by atoms with E-state index in [1.807, 2.05) is 37.3 Å². The molecule has 0 unspecified atom stereocenters. The molecule has 44 heavy (non-hydrogen) atoms. The third-order valence-corrected chi connectivity index (χ3v) is 7.11. The van der Waals surface area contributed by atoms with E-state index in [0.29, 0.717) is 51.8 Å². The molecule has 2 aromatic heterocycles. The number of hydrogen-bond donors (Lipinski definition) is 4. The van der Waals surface area contributed by atoms with Crippen molar-refractivity contribution < 1.29 is 14.3 Å². The zero-order valence-electron chi connectivity index (χ0n) is 25.0. The molecule has 12 heteroatoms.